The number of fused-ring (bicyclic) bond motifs is 4. The molecule has 250 valence electrons. The van der Waals surface area contributed by atoms with Crippen molar-refractivity contribution in [1.82, 2.24) is 20.2 Å². The smallest absolute Gasteiger partial charge is 0.409 e. The van der Waals surface area contributed by atoms with Crippen LogP contribution in [-0.4, -0.2) is 53.7 Å². The van der Waals surface area contributed by atoms with Gasteiger partial charge in [-0.3, -0.25) is 9.97 Å². The van der Waals surface area contributed by atoms with E-state index in [9.17, 15) is 4.79 Å². The van der Waals surface area contributed by atoms with Gasteiger partial charge in [0.05, 0.1) is 18.0 Å². The predicted octanol–water partition coefficient (Wildman–Crippen LogP) is 9.62. The van der Waals surface area contributed by atoms with Gasteiger partial charge in [0.2, 0.25) is 0 Å². The van der Waals surface area contributed by atoms with Crippen molar-refractivity contribution in [2.24, 2.45) is 5.92 Å². The second-order valence-corrected chi connectivity index (χ2v) is 13.7. The van der Waals surface area contributed by atoms with E-state index in [2.05, 4.69) is 60.0 Å². The van der Waals surface area contributed by atoms with Crippen LogP contribution in [0.2, 0.25) is 10.0 Å². The number of halogens is 2. The Bertz CT molecular complexity index is 1940. The summed E-state index contributed by atoms with van der Waals surface area (Å²) >= 11 is 12.4. The van der Waals surface area contributed by atoms with Gasteiger partial charge < -0.3 is 15.0 Å². The molecular formula is C41H40Cl2N4O2. The van der Waals surface area contributed by atoms with Crippen molar-refractivity contribution in [3.05, 3.63) is 133 Å². The van der Waals surface area contributed by atoms with Crippen molar-refractivity contribution in [2.45, 2.75) is 38.5 Å². The summed E-state index contributed by atoms with van der Waals surface area (Å²) in [5, 5.41) is 4.99. The van der Waals surface area contributed by atoms with Gasteiger partial charge >= 0.3 is 6.09 Å². The Hall–Kier alpha value is -4.23. The van der Waals surface area contributed by atoms with Gasteiger partial charge in [-0.1, -0.05) is 77.3 Å². The minimum atomic E-state index is -0.227. The molecule has 2 aromatic heterocycles. The first kappa shape index (κ1) is 33.3. The van der Waals surface area contributed by atoms with E-state index >= 15 is 0 Å². The maximum Gasteiger partial charge on any atom is 0.409 e. The number of aromatic nitrogens is 2. The quantitative estimate of drug-likeness (QED) is 0.200. The van der Waals surface area contributed by atoms with Crippen molar-refractivity contribution in [3.63, 3.8) is 0 Å². The highest BCUT2D eigenvalue weighted by atomic mass is 35.5. The largest absolute Gasteiger partial charge is 0.450 e. The van der Waals surface area contributed by atoms with E-state index in [1.807, 2.05) is 49.6 Å². The molecule has 1 atom stereocenters. The lowest BCUT2D eigenvalue weighted by Crippen LogP contribution is -2.37. The van der Waals surface area contributed by atoms with Crippen molar-refractivity contribution in [3.8, 4) is 0 Å². The highest BCUT2D eigenvalue weighted by Crippen LogP contribution is 2.42. The number of hydrogen-bond donors (Lipinski definition) is 1. The lowest BCUT2D eigenvalue weighted by Gasteiger charge is -2.31. The van der Waals surface area contributed by atoms with Crippen LogP contribution >= 0.6 is 23.2 Å². The van der Waals surface area contributed by atoms with Crippen LogP contribution in [0.4, 0.5) is 4.79 Å². The van der Waals surface area contributed by atoms with Gasteiger partial charge in [-0.15, -0.1) is 0 Å². The summed E-state index contributed by atoms with van der Waals surface area (Å²) in [5.41, 5.74) is 11.9. The number of amides is 1. The Morgan fingerprint density at radius 2 is 1.49 bits per heavy atom. The molecule has 2 fully saturated rings. The zero-order chi connectivity index (χ0) is 33.7. The van der Waals surface area contributed by atoms with Gasteiger partial charge in [0.1, 0.15) is 0 Å². The number of rotatable bonds is 2. The molecule has 1 amide bonds. The lowest BCUT2D eigenvalue weighted by molar-refractivity contribution is 0.104. The summed E-state index contributed by atoms with van der Waals surface area (Å²) < 4.78 is 5.14. The molecular weight excluding hydrogens is 651 g/mol. The summed E-state index contributed by atoms with van der Waals surface area (Å²) in [6.07, 6.45) is 16.1. The third-order valence-corrected chi connectivity index (χ3v) is 10.4. The Morgan fingerprint density at radius 1 is 0.837 bits per heavy atom. The van der Waals surface area contributed by atoms with Gasteiger partial charge in [-0.25, -0.2) is 4.79 Å². The molecule has 2 saturated heterocycles. The SMILES string of the molecule is CCOC(=O)N1CCC(=C2c3ccc(Cl)cc3C=Cc3cccnc32)CC1.Clc1ccc2c(c1)C=Cc1cccnc1C2C1CCNCC1. The standard InChI is InChI=1S/C22H21ClN2O2.C19H19ClN2/c1-2-27-22(26)25-12-9-15(10-13-25)20-19-8-7-18(23)14-17(19)6-5-16-4-3-11-24-21(16)20;20-16-5-6-17-15(12-16)4-3-14-2-1-9-22-19(14)18(17)13-7-10-21-11-8-13/h3-8,11,14H,2,9-10,12-13H2,1H3;1-6,9,12-13,18,21H,7-8,10-11H2. The molecule has 2 aliphatic carbocycles. The first-order valence-corrected chi connectivity index (χ1v) is 18.0. The maximum atomic E-state index is 12.0. The molecule has 4 aromatic rings. The molecule has 1 N–H and O–H groups in total. The van der Waals surface area contributed by atoms with Gasteiger partial charge in [0.15, 0.2) is 0 Å². The highest BCUT2D eigenvalue weighted by Gasteiger charge is 2.31. The van der Waals surface area contributed by atoms with E-state index in [-0.39, 0.29) is 6.09 Å². The summed E-state index contributed by atoms with van der Waals surface area (Å²) in [4.78, 5) is 23.2. The van der Waals surface area contributed by atoms with Gasteiger partial charge in [-0.05, 0) is 116 Å². The van der Waals surface area contributed by atoms with Crippen molar-refractivity contribution < 1.29 is 9.53 Å². The third-order valence-electron chi connectivity index (χ3n) is 9.90. The number of ether oxygens (including phenoxy) is 1. The summed E-state index contributed by atoms with van der Waals surface area (Å²) in [6, 6.07) is 20.5. The monoisotopic (exact) mass is 690 g/mol. The van der Waals surface area contributed by atoms with Crippen LogP contribution in [-0.2, 0) is 4.74 Å². The van der Waals surface area contributed by atoms with Crippen LogP contribution in [0.15, 0.2) is 78.6 Å². The average molecular weight is 692 g/mol. The highest BCUT2D eigenvalue weighted by molar-refractivity contribution is 6.31. The molecule has 0 bridgehead atoms. The Balaban J connectivity index is 0.000000157. The second kappa shape index (κ2) is 15.1. The molecule has 0 saturated carbocycles. The fraction of sp³-hybridized carbons (Fsp3) is 0.293. The molecule has 0 spiro atoms. The zero-order valence-corrected chi connectivity index (χ0v) is 29.2. The third kappa shape index (κ3) is 7.23. The molecule has 4 heterocycles. The maximum absolute atomic E-state index is 12.0. The summed E-state index contributed by atoms with van der Waals surface area (Å²) in [5.74, 6) is 0.996. The van der Waals surface area contributed by atoms with Gasteiger partial charge in [-0.2, -0.15) is 0 Å². The number of piperidine rings is 2. The fourth-order valence-corrected chi connectivity index (χ4v) is 7.90. The number of carbonyl (C=O) groups is 1. The van der Waals surface area contributed by atoms with Crippen LogP contribution in [0.1, 0.15) is 83.3 Å². The van der Waals surface area contributed by atoms with E-state index in [1.165, 1.54) is 46.4 Å². The van der Waals surface area contributed by atoms with Crippen LogP contribution in [0, 0.1) is 5.92 Å². The second-order valence-electron chi connectivity index (χ2n) is 12.8. The molecule has 8 heteroatoms. The molecule has 8 rings (SSSR count). The Morgan fingerprint density at radius 3 is 2.27 bits per heavy atom. The molecule has 2 aliphatic heterocycles. The number of nitrogens with zero attached hydrogens (tertiary/aromatic N) is 3. The van der Waals surface area contributed by atoms with Crippen LogP contribution in [0.5, 0.6) is 0 Å². The Kier molecular flexibility index (Phi) is 10.3. The van der Waals surface area contributed by atoms with Gasteiger partial charge in [0, 0.05) is 52.6 Å². The van der Waals surface area contributed by atoms with Gasteiger partial charge in [0.25, 0.3) is 0 Å². The number of pyridine rings is 2. The van der Waals surface area contributed by atoms with E-state index in [4.69, 9.17) is 37.9 Å². The molecule has 4 aliphatic rings. The van der Waals surface area contributed by atoms with E-state index in [0.29, 0.717) is 31.5 Å². The van der Waals surface area contributed by atoms with Crippen LogP contribution < -0.4 is 5.32 Å². The molecule has 2 aromatic carbocycles. The number of benzene rings is 2. The topological polar surface area (TPSA) is 67.3 Å². The van der Waals surface area contributed by atoms with Crippen molar-refractivity contribution in [1.29, 1.82) is 0 Å². The number of carbonyl (C=O) groups excluding carboxylic acids is 1. The minimum Gasteiger partial charge on any atom is -0.450 e. The Labute approximate surface area is 298 Å². The van der Waals surface area contributed by atoms with E-state index in [1.54, 1.807) is 4.90 Å². The van der Waals surface area contributed by atoms with Crippen LogP contribution in [0.3, 0.4) is 0 Å². The average Bonchev–Trinajstić information content (AvgIpc) is 3.40. The minimum absolute atomic E-state index is 0.227. The van der Waals surface area contributed by atoms with Crippen LogP contribution in [0.25, 0.3) is 29.9 Å². The molecule has 1 unspecified atom stereocenters. The van der Waals surface area contributed by atoms with Crippen molar-refractivity contribution in [2.75, 3.05) is 32.8 Å². The van der Waals surface area contributed by atoms with E-state index < -0.39 is 0 Å². The van der Waals surface area contributed by atoms with Crippen molar-refractivity contribution >= 4 is 59.2 Å². The normalized spacial score (nSPS) is 18.2. The summed E-state index contributed by atoms with van der Waals surface area (Å²) in [7, 11) is 0. The lowest BCUT2D eigenvalue weighted by atomic mass is 9.76. The zero-order valence-electron chi connectivity index (χ0n) is 27.7. The number of likely N-dealkylation sites (tertiary alicyclic amines) is 1. The molecule has 6 nitrogen and oxygen atoms in total. The number of nitrogens with one attached hydrogen (secondary N) is 1. The first-order valence-electron chi connectivity index (χ1n) is 17.2. The first-order chi connectivity index (χ1) is 24.0. The predicted molar refractivity (Wildman–Crippen MR) is 201 cm³/mol. The van der Waals surface area contributed by atoms with E-state index in [0.717, 1.165) is 58.4 Å². The number of hydrogen-bond acceptors (Lipinski definition) is 5. The summed E-state index contributed by atoms with van der Waals surface area (Å²) in [6.45, 7) is 5.75. The fourth-order valence-electron chi connectivity index (χ4n) is 7.53. The molecule has 49 heavy (non-hydrogen) atoms. The molecule has 0 radical (unpaired) electrons.